The van der Waals surface area contributed by atoms with E-state index in [0.717, 1.165) is 5.56 Å². The summed E-state index contributed by atoms with van der Waals surface area (Å²) in [5.41, 5.74) is 2.28. The van der Waals surface area contributed by atoms with Gasteiger partial charge in [-0.1, -0.05) is 22.8 Å². The van der Waals surface area contributed by atoms with Crippen LogP contribution in [-0.2, 0) is 20.9 Å². The second kappa shape index (κ2) is 7.06. The number of hydrogen-bond acceptors (Lipinski definition) is 6. The second-order valence-corrected chi connectivity index (χ2v) is 6.10. The lowest BCUT2D eigenvalue weighted by molar-refractivity contribution is -0.137. The molecule has 0 radical (unpaired) electrons. The van der Waals surface area contributed by atoms with Gasteiger partial charge in [0, 0.05) is 23.9 Å². The molecule has 0 aliphatic carbocycles. The van der Waals surface area contributed by atoms with Crippen molar-refractivity contribution in [2.24, 2.45) is 5.10 Å². The van der Waals surface area contributed by atoms with Crippen molar-refractivity contribution in [1.82, 2.24) is 5.16 Å². The smallest absolute Gasteiger partial charge is 0.354 e. The van der Waals surface area contributed by atoms with Crippen LogP contribution >= 0.6 is 11.6 Å². The zero-order chi connectivity index (χ0) is 18.0. The third kappa shape index (κ3) is 3.88. The molecule has 1 aromatic carbocycles. The molecule has 0 unspecified atom stereocenters. The number of carbonyl (C=O) groups excluding carboxylic acids is 2. The van der Waals surface area contributed by atoms with Crippen molar-refractivity contribution in [3.8, 4) is 0 Å². The van der Waals surface area contributed by atoms with Gasteiger partial charge >= 0.3 is 5.97 Å². The maximum Gasteiger partial charge on any atom is 0.354 e. The van der Waals surface area contributed by atoms with E-state index >= 15 is 0 Å². The van der Waals surface area contributed by atoms with Crippen molar-refractivity contribution < 1.29 is 18.8 Å². The standard InChI is InChI=1S/C17H16ClN3O4/c1-10-3-4-12(8-14(10)18)21-16(22)6-5-15(19-21)17(23)24-9-13-7-11(2)20-25-13/h3-4,7-8H,5-6,9H2,1-2H3. The fourth-order valence-corrected chi connectivity index (χ4v) is 2.49. The van der Waals surface area contributed by atoms with Crippen LogP contribution in [-0.4, -0.2) is 22.7 Å². The Labute approximate surface area is 149 Å². The molecule has 25 heavy (non-hydrogen) atoms. The molecule has 3 rings (SSSR count). The molecule has 0 saturated carbocycles. The highest BCUT2D eigenvalue weighted by Gasteiger charge is 2.27. The zero-order valence-electron chi connectivity index (χ0n) is 13.8. The molecule has 7 nitrogen and oxygen atoms in total. The van der Waals surface area contributed by atoms with E-state index in [1.54, 1.807) is 31.2 Å². The summed E-state index contributed by atoms with van der Waals surface area (Å²) < 4.78 is 10.2. The van der Waals surface area contributed by atoms with E-state index < -0.39 is 5.97 Å². The molecule has 0 N–H and O–H groups in total. The predicted octanol–water partition coefficient (Wildman–Crippen LogP) is 3.17. The fraction of sp³-hybridized carbons (Fsp3) is 0.294. The molecular formula is C17H16ClN3O4. The van der Waals surface area contributed by atoms with E-state index in [2.05, 4.69) is 10.3 Å². The molecule has 0 spiro atoms. The quantitative estimate of drug-likeness (QED) is 0.781. The molecule has 1 aliphatic heterocycles. The van der Waals surface area contributed by atoms with Crippen molar-refractivity contribution >= 4 is 34.9 Å². The molecule has 8 heteroatoms. The lowest BCUT2D eigenvalue weighted by atomic mass is 10.1. The number of aryl methyl sites for hydroxylation is 2. The summed E-state index contributed by atoms with van der Waals surface area (Å²) in [7, 11) is 0. The molecule has 2 heterocycles. The first kappa shape index (κ1) is 17.2. The van der Waals surface area contributed by atoms with Gasteiger partial charge in [-0.25, -0.2) is 9.80 Å². The number of ether oxygens (including phenoxy) is 1. The Kier molecular flexibility index (Phi) is 4.85. The first-order chi connectivity index (χ1) is 11.9. The number of anilines is 1. The Morgan fingerprint density at radius 1 is 1.32 bits per heavy atom. The number of hydrazone groups is 1. The number of carbonyl (C=O) groups is 2. The number of esters is 1. The van der Waals surface area contributed by atoms with Crippen LogP contribution in [0.15, 0.2) is 33.9 Å². The van der Waals surface area contributed by atoms with Crippen LogP contribution in [0.25, 0.3) is 0 Å². The first-order valence-corrected chi connectivity index (χ1v) is 8.08. The van der Waals surface area contributed by atoms with E-state index in [4.69, 9.17) is 20.9 Å². The lowest BCUT2D eigenvalue weighted by Crippen LogP contribution is -2.34. The molecule has 1 aliphatic rings. The summed E-state index contributed by atoms with van der Waals surface area (Å²) >= 11 is 6.10. The minimum absolute atomic E-state index is 0.0387. The summed E-state index contributed by atoms with van der Waals surface area (Å²) in [5.74, 6) is -0.354. The minimum atomic E-state index is -0.593. The number of rotatable bonds is 4. The molecule has 1 aromatic heterocycles. The normalized spacial score (nSPS) is 14.4. The van der Waals surface area contributed by atoms with Gasteiger partial charge < -0.3 is 9.26 Å². The number of amides is 1. The molecule has 0 atom stereocenters. The molecule has 0 bridgehead atoms. The third-order valence-electron chi connectivity index (χ3n) is 3.69. The molecule has 2 aromatic rings. The van der Waals surface area contributed by atoms with Crippen molar-refractivity contribution in [2.75, 3.05) is 5.01 Å². The molecule has 0 saturated heterocycles. The van der Waals surface area contributed by atoms with Crippen molar-refractivity contribution in [2.45, 2.75) is 33.3 Å². The SMILES string of the molecule is Cc1cc(COC(=O)C2=NN(c3ccc(C)c(Cl)c3)C(=O)CC2)on1. The van der Waals surface area contributed by atoms with Crippen molar-refractivity contribution in [3.63, 3.8) is 0 Å². The van der Waals surface area contributed by atoms with Gasteiger partial charge in [0.1, 0.15) is 5.71 Å². The van der Waals surface area contributed by atoms with Gasteiger partial charge in [0.05, 0.1) is 11.4 Å². The Morgan fingerprint density at radius 2 is 2.12 bits per heavy atom. The van der Waals surface area contributed by atoms with Gasteiger partial charge in [-0.3, -0.25) is 4.79 Å². The molecular weight excluding hydrogens is 346 g/mol. The van der Waals surface area contributed by atoms with Gasteiger partial charge in [0.25, 0.3) is 0 Å². The van der Waals surface area contributed by atoms with E-state index in [0.29, 0.717) is 22.2 Å². The van der Waals surface area contributed by atoms with Crippen LogP contribution in [0.4, 0.5) is 5.69 Å². The topological polar surface area (TPSA) is 85.0 Å². The maximum absolute atomic E-state index is 12.2. The Morgan fingerprint density at radius 3 is 2.80 bits per heavy atom. The predicted molar refractivity (Wildman–Crippen MR) is 91.4 cm³/mol. The van der Waals surface area contributed by atoms with Gasteiger partial charge in [-0.2, -0.15) is 5.10 Å². The fourth-order valence-electron chi connectivity index (χ4n) is 2.32. The highest BCUT2D eigenvalue weighted by atomic mass is 35.5. The number of benzene rings is 1. The highest BCUT2D eigenvalue weighted by molar-refractivity contribution is 6.38. The van der Waals surface area contributed by atoms with Crippen LogP contribution in [0, 0.1) is 13.8 Å². The second-order valence-electron chi connectivity index (χ2n) is 5.70. The van der Waals surface area contributed by atoms with E-state index in [1.165, 1.54) is 5.01 Å². The zero-order valence-corrected chi connectivity index (χ0v) is 14.5. The van der Waals surface area contributed by atoms with E-state index in [-0.39, 0.29) is 31.1 Å². The van der Waals surface area contributed by atoms with Crippen LogP contribution in [0.5, 0.6) is 0 Å². The van der Waals surface area contributed by atoms with Crippen LogP contribution in [0.2, 0.25) is 5.02 Å². The Hall–Kier alpha value is -2.67. The molecule has 130 valence electrons. The average Bonchev–Trinajstić information content (AvgIpc) is 3.01. The number of halogens is 1. The summed E-state index contributed by atoms with van der Waals surface area (Å²) in [6, 6.07) is 6.84. The summed E-state index contributed by atoms with van der Waals surface area (Å²) in [6.07, 6.45) is 0.393. The first-order valence-electron chi connectivity index (χ1n) is 7.70. The Bertz CT molecular complexity index is 859. The largest absolute Gasteiger partial charge is 0.453 e. The van der Waals surface area contributed by atoms with E-state index in [9.17, 15) is 9.59 Å². The maximum atomic E-state index is 12.2. The van der Waals surface area contributed by atoms with Crippen LogP contribution in [0.3, 0.4) is 0 Å². The van der Waals surface area contributed by atoms with Gasteiger partial charge in [-0.15, -0.1) is 0 Å². The number of hydrogen-bond donors (Lipinski definition) is 0. The van der Waals surface area contributed by atoms with Gasteiger partial charge in [0.15, 0.2) is 12.4 Å². The molecule has 1 amide bonds. The summed E-state index contributed by atoms with van der Waals surface area (Å²) in [6.45, 7) is 3.60. The Balaban J connectivity index is 1.75. The summed E-state index contributed by atoms with van der Waals surface area (Å²) in [4.78, 5) is 24.3. The monoisotopic (exact) mass is 361 g/mol. The van der Waals surface area contributed by atoms with E-state index in [1.807, 2.05) is 6.92 Å². The van der Waals surface area contributed by atoms with Gasteiger partial charge in [-0.05, 0) is 31.5 Å². The van der Waals surface area contributed by atoms with Crippen molar-refractivity contribution in [3.05, 3.63) is 46.3 Å². The van der Waals surface area contributed by atoms with Gasteiger partial charge in [0.2, 0.25) is 5.91 Å². The van der Waals surface area contributed by atoms with Crippen LogP contribution < -0.4 is 5.01 Å². The third-order valence-corrected chi connectivity index (χ3v) is 4.10. The highest BCUT2D eigenvalue weighted by Crippen LogP contribution is 2.26. The molecule has 0 fully saturated rings. The van der Waals surface area contributed by atoms with Crippen LogP contribution in [0.1, 0.15) is 29.9 Å². The van der Waals surface area contributed by atoms with Crippen molar-refractivity contribution in [1.29, 1.82) is 0 Å². The minimum Gasteiger partial charge on any atom is -0.453 e. The number of nitrogens with zero attached hydrogens (tertiary/aromatic N) is 3. The summed E-state index contributed by atoms with van der Waals surface area (Å²) in [5, 5.41) is 9.57. The average molecular weight is 362 g/mol. The number of aromatic nitrogens is 1. The lowest BCUT2D eigenvalue weighted by Gasteiger charge is -2.23.